The van der Waals surface area contributed by atoms with E-state index in [-0.39, 0.29) is 11.3 Å². The van der Waals surface area contributed by atoms with Crippen LogP contribution in [-0.2, 0) is 14.8 Å². The fraction of sp³-hybridized carbons (Fsp3) is 0.667. The van der Waals surface area contributed by atoms with Crippen molar-refractivity contribution in [1.29, 1.82) is 0 Å². The summed E-state index contributed by atoms with van der Waals surface area (Å²) in [6, 6.07) is 2.68. The maximum atomic E-state index is 12.7. The van der Waals surface area contributed by atoms with E-state index in [9.17, 15) is 13.2 Å². The Morgan fingerprint density at radius 3 is 2.78 bits per heavy atom. The van der Waals surface area contributed by atoms with Gasteiger partial charge in [0.1, 0.15) is 10.3 Å². The fourth-order valence-corrected chi connectivity index (χ4v) is 5.61. The van der Waals surface area contributed by atoms with Gasteiger partial charge in [0.15, 0.2) is 0 Å². The van der Waals surface area contributed by atoms with Gasteiger partial charge in [-0.1, -0.05) is 19.9 Å². The number of nitrogens with two attached hydrogens (primary N) is 1. The Labute approximate surface area is 142 Å². The molecule has 0 aromatic carbocycles. The van der Waals surface area contributed by atoms with Crippen LogP contribution in [0.3, 0.4) is 0 Å². The molecule has 0 bridgehead atoms. The second-order valence-corrected chi connectivity index (χ2v) is 9.83. The first-order valence-corrected chi connectivity index (χ1v) is 10.0. The maximum absolute atomic E-state index is 12.7. The molecule has 2 heterocycles. The van der Waals surface area contributed by atoms with Crippen LogP contribution in [0.25, 0.3) is 0 Å². The first kappa shape index (κ1) is 18.4. The number of nitrogens with zero attached hydrogens (tertiary/aromatic N) is 2. The summed E-state index contributed by atoms with van der Waals surface area (Å²) in [7, 11) is -1.88. The van der Waals surface area contributed by atoms with Gasteiger partial charge in [0.05, 0.1) is 0 Å². The van der Waals surface area contributed by atoms with Crippen LogP contribution in [-0.4, -0.2) is 56.3 Å². The Balaban J connectivity index is 2.17. The van der Waals surface area contributed by atoms with Gasteiger partial charge in [-0.25, -0.2) is 8.42 Å². The lowest BCUT2D eigenvalue weighted by molar-refractivity contribution is -0.134. The van der Waals surface area contributed by atoms with Gasteiger partial charge in [0, 0.05) is 20.1 Å². The molecule has 130 valence electrons. The first-order valence-electron chi connectivity index (χ1n) is 7.69. The van der Waals surface area contributed by atoms with Crippen LogP contribution in [0.5, 0.6) is 0 Å². The zero-order valence-corrected chi connectivity index (χ0v) is 15.5. The van der Waals surface area contributed by atoms with Crippen molar-refractivity contribution in [3.8, 4) is 0 Å². The second kappa shape index (κ2) is 6.88. The molecule has 1 aliphatic rings. The van der Waals surface area contributed by atoms with E-state index >= 15 is 0 Å². The molecule has 6 nitrogen and oxygen atoms in total. The average molecular weight is 360 g/mol. The van der Waals surface area contributed by atoms with Crippen molar-refractivity contribution in [3.63, 3.8) is 0 Å². The van der Waals surface area contributed by atoms with Crippen LogP contribution >= 0.6 is 11.3 Å². The lowest BCUT2D eigenvalue weighted by atomic mass is 9.93. The summed E-state index contributed by atoms with van der Waals surface area (Å²) in [6.45, 7) is 5.35. The van der Waals surface area contributed by atoms with Crippen molar-refractivity contribution in [1.82, 2.24) is 9.21 Å². The van der Waals surface area contributed by atoms with Gasteiger partial charge >= 0.3 is 0 Å². The largest absolute Gasteiger partial charge is 0.344 e. The molecule has 0 spiro atoms. The number of carbonyl (C=O) groups excluding carboxylic acids is 1. The molecule has 1 fully saturated rings. The van der Waals surface area contributed by atoms with Crippen LogP contribution in [0.2, 0.25) is 0 Å². The standard InChI is InChI=1S/C15H25N3O3S2/c1-15(2,10-16)11-17(3)14(19)12-6-4-8-18(12)23(20,21)13-7-5-9-22-13/h5,7,9,12H,4,6,8,10-11,16H2,1-3H3. The van der Waals surface area contributed by atoms with Gasteiger partial charge in [-0.15, -0.1) is 11.3 Å². The van der Waals surface area contributed by atoms with E-state index in [1.54, 1.807) is 29.5 Å². The molecule has 2 N–H and O–H groups in total. The highest BCUT2D eigenvalue weighted by atomic mass is 32.2. The van der Waals surface area contributed by atoms with E-state index in [2.05, 4.69) is 0 Å². The quantitative estimate of drug-likeness (QED) is 0.831. The molecule has 0 saturated carbocycles. The number of thiophene rings is 1. The average Bonchev–Trinajstić information content (AvgIpc) is 3.17. The minimum absolute atomic E-state index is 0.149. The highest BCUT2D eigenvalue weighted by Gasteiger charge is 2.41. The summed E-state index contributed by atoms with van der Waals surface area (Å²) in [5, 5.41) is 1.73. The number of hydrogen-bond donors (Lipinski definition) is 1. The lowest BCUT2D eigenvalue weighted by Gasteiger charge is -2.32. The molecule has 0 radical (unpaired) electrons. The molecule has 2 rings (SSSR count). The molecule has 1 atom stereocenters. The molecule has 8 heteroatoms. The van der Waals surface area contributed by atoms with E-state index in [0.717, 1.165) is 0 Å². The van der Waals surface area contributed by atoms with E-state index in [4.69, 9.17) is 5.73 Å². The van der Waals surface area contributed by atoms with Crippen molar-refractivity contribution in [2.24, 2.45) is 11.1 Å². The number of hydrogen-bond acceptors (Lipinski definition) is 5. The molecule has 0 aliphatic carbocycles. The third-order valence-electron chi connectivity index (χ3n) is 4.14. The number of amides is 1. The van der Waals surface area contributed by atoms with Crippen molar-refractivity contribution >= 4 is 27.3 Å². The van der Waals surface area contributed by atoms with Crippen LogP contribution < -0.4 is 5.73 Å². The molecule has 1 aromatic rings. The van der Waals surface area contributed by atoms with Crippen molar-refractivity contribution in [2.75, 3.05) is 26.7 Å². The number of sulfonamides is 1. The zero-order chi connectivity index (χ0) is 17.3. The Kier molecular flexibility index (Phi) is 5.50. The molecule has 1 amide bonds. The zero-order valence-electron chi connectivity index (χ0n) is 13.9. The summed E-state index contributed by atoms with van der Waals surface area (Å²) in [5.41, 5.74) is 5.53. The summed E-state index contributed by atoms with van der Waals surface area (Å²) < 4.78 is 27.1. The number of rotatable bonds is 6. The molecule has 1 saturated heterocycles. The van der Waals surface area contributed by atoms with E-state index < -0.39 is 16.1 Å². The van der Waals surface area contributed by atoms with E-state index in [1.165, 1.54) is 15.6 Å². The normalized spacial score (nSPS) is 19.9. The Morgan fingerprint density at radius 1 is 1.52 bits per heavy atom. The van der Waals surface area contributed by atoms with Crippen LogP contribution in [0.1, 0.15) is 26.7 Å². The van der Waals surface area contributed by atoms with Gasteiger partial charge in [-0.2, -0.15) is 4.31 Å². The summed E-state index contributed by atoms with van der Waals surface area (Å²) in [5.74, 6) is -0.149. The van der Waals surface area contributed by atoms with Crippen LogP contribution in [0, 0.1) is 5.41 Å². The van der Waals surface area contributed by atoms with Crippen molar-refractivity contribution in [2.45, 2.75) is 36.9 Å². The minimum Gasteiger partial charge on any atom is -0.344 e. The van der Waals surface area contributed by atoms with Crippen molar-refractivity contribution < 1.29 is 13.2 Å². The third-order valence-corrected chi connectivity index (χ3v) is 7.42. The smallest absolute Gasteiger partial charge is 0.253 e. The predicted molar refractivity (Wildman–Crippen MR) is 91.7 cm³/mol. The van der Waals surface area contributed by atoms with Gasteiger partial charge in [0.2, 0.25) is 5.91 Å². The van der Waals surface area contributed by atoms with Crippen LogP contribution in [0.4, 0.5) is 0 Å². The maximum Gasteiger partial charge on any atom is 0.253 e. The minimum atomic E-state index is -3.59. The monoisotopic (exact) mass is 359 g/mol. The lowest BCUT2D eigenvalue weighted by Crippen LogP contribution is -2.49. The summed E-state index contributed by atoms with van der Waals surface area (Å²) >= 11 is 1.18. The molecule has 23 heavy (non-hydrogen) atoms. The summed E-state index contributed by atoms with van der Waals surface area (Å²) in [6.07, 6.45) is 1.27. The number of carbonyl (C=O) groups is 1. The Hall–Kier alpha value is -0.960. The predicted octanol–water partition coefficient (Wildman–Crippen LogP) is 1.34. The van der Waals surface area contributed by atoms with E-state index in [1.807, 2.05) is 13.8 Å². The van der Waals surface area contributed by atoms with Gasteiger partial charge in [-0.05, 0) is 36.2 Å². The number of likely N-dealkylation sites (N-methyl/N-ethyl adjacent to an activating group) is 1. The van der Waals surface area contributed by atoms with Gasteiger partial charge in [0.25, 0.3) is 10.0 Å². The summed E-state index contributed by atoms with van der Waals surface area (Å²) in [4.78, 5) is 14.4. The van der Waals surface area contributed by atoms with Crippen LogP contribution in [0.15, 0.2) is 21.7 Å². The second-order valence-electron chi connectivity index (χ2n) is 6.77. The highest BCUT2D eigenvalue weighted by Crippen LogP contribution is 2.29. The van der Waals surface area contributed by atoms with Gasteiger partial charge < -0.3 is 10.6 Å². The first-order chi connectivity index (χ1) is 10.7. The van der Waals surface area contributed by atoms with E-state index in [0.29, 0.717) is 36.7 Å². The molecular weight excluding hydrogens is 334 g/mol. The van der Waals surface area contributed by atoms with Gasteiger partial charge in [-0.3, -0.25) is 4.79 Å². The molecule has 1 aromatic heterocycles. The molecule has 1 aliphatic heterocycles. The highest BCUT2D eigenvalue weighted by molar-refractivity contribution is 7.91. The Bertz CT molecular complexity index is 641. The SMILES string of the molecule is CN(CC(C)(C)CN)C(=O)C1CCCN1S(=O)(=O)c1cccs1. The molecule has 1 unspecified atom stereocenters. The van der Waals surface area contributed by atoms with Crippen molar-refractivity contribution in [3.05, 3.63) is 17.5 Å². The topological polar surface area (TPSA) is 83.7 Å². The fourth-order valence-electron chi connectivity index (χ4n) is 2.84. The molecular formula is C15H25N3O3S2. The third kappa shape index (κ3) is 3.93. The Morgan fingerprint density at radius 2 is 2.22 bits per heavy atom.